The summed E-state index contributed by atoms with van der Waals surface area (Å²) in [5, 5.41) is 9.84. The molecule has 6 heteroatoms. The molecule has 0 aliphatic carbocycles. The average molecular weight is 310 g/mol. The van der Waals surface area contributed by atoms with E-state index in [0.29, 0.717) is 22.6 Å². The van der Waals surface area contributed by atoms with Crippen molar-refractivity contribution in [1.82, 2.24) is 0 Å². The summed E-state index contributed by atoms with van der Waals surface area (Å²) in [6.45, 7) is 0.546. The van der Waals surface area contributed by atoms with E-state index in [9.17, 15) is 9.50 Å². The van der Waals surface area contributed by atoms with Crippen LogP contribution < -0.4 is 15.2 Å². The lowest BCUT2D eigenvalue weighted by molar-refractivity contribution is 0.0971. The van der Waals surface area contributed by atoms with Gasteiger partial charge >= 0.3 is 0 Å². The highest BCUT2D eigenvalue weighted by Crippen LogP contribution is 2.45. The molecule has 3 N–H and O–H groups in total. The summed E-state index contributed by atoms with van der Waals surface area (Å²) in [4.78, 5) is 0. The van der Waals surface area contributed by atoms with Crippen molar-refractivity contribution >= 4 is 11.6 Å². The number of hydrogen-bond acceptors (Lipinski definition) is 4. The van der Waals surface area contributed by atoms with Gasteiger partial charge in [0.15, 0.2) is 11.5 Å². The topological polar surface area (TPSA) is 64.7 Å². The number of aromatic hydroxyl groups is 1. The van der Waals surface area contributed by atoms with Gasteiger partial charge in [-0.3, -0.25) is 0 Å². The molecule has 1 atom stereocenters. The summed E-state index contributed by atoms with van der Waals surface area (Å²) < 4.78 is 25.0. The smallest absolute Gasteiger partial charge is 0.169 e. The molecular formula is C15H13ClFNO3. The minimum atomic E-state index is -0.474. The molecule has 0 radical (unpaired) electrons. The maximum atomic E-state index is 13.8. The molecule has 1 aliphatic heterocycles. The fourth-order valence-electron chi connectivity index (χ4n) is 2.22. The first-order chi connectivity index (χ1) is 10.1. The number of halogens is 2. The Morgan fingerprint density at radius 2 is 2.14 bits per heavy atom. The molecule has 1 aliphatic rings. The summed E-state index contributed by atoms with van der Waals surface area (Å²) in [6.07, 6.45) is -0.308. The fourth-order valence-corrected chi connectivity index (χ4v) is 2.45. The zero-order chi connectivity index (χ0) is 15.0. The minimum Gasteiger partial charge on any atom is -0.506 e. The molecule has 0 saturated carbocycles. The Balaban J connectivity index is 2.18. The van der Waals surface area contributed by atoms with Gasteiger partial charge in [0.2, 0.25) is 0 Å². The van der Waals surface area contributed by atoms with Crippen molar-refractivity contribution in [2.75, 3.05) is 13.2 Å². The first kappa shape index (κ1) is 14.0. The fraction of sp³-hybridized carbons (Fsp3) is 0.200. The molecule has 2 aromatic carbocycles. The number of phenolic OH excluding ortho intramolecular Hbond substituents is 1. The average Bonchev–Trinajstić information content (AvgIpc) is 2.49. The molecule has 21 heavy (non-hydrogen) atoms. The summed E-state index contributed by atoms with van der Waals surface area (Å²) in [5.41, 5.74) is 6.47. The molecule has 0 fully saturated rings. The van der Waals surface area contributed by atoms with Crippen molar-refractivity contribution < 1.29 is 19.0 Å². The molecule has 0 saturated heterocycles. The van der Waals surface area contributed by atoms with E-state index in [1.165, 1.54) is 18.2 Å². The maximum Gasteiger partial charge on any atom is 0.169 e. The highest BCUT2D eigenvalue weighted by atomic mass is 35.5. The molecule has 0 unspecified atom stereocenters. The molecule has 3 rings (SSSR count). The van der Waals surface area contributed by atoms with E-state index < -0.39 is 5.82 Å². The van der Waals surface area contributed by atoms with Crippen LogP contribution in [-0.4, -0.2) is 24.4 Å². The van der Waals surface area contributed by atoms with E-state index in [4.69, 9.17) is 26.8 Å². The van der Waals surface area contributed by atoms with E-state index in [1.807, 2.05) is 0 Å². The number of rotatable bonds is 2. The van der Waals surface area contributed by atoms with E-state index >= 15 is 0 Å². The second kappa shape index (κ2) is 5.42. The molecule has 0 bridgehead atoms. The zero-order valence-corrected chi connectivity index (χ0v) is 11.7. The van der Waals surface area contributed by atoms with Crippen LogP contribution >= 0.6 is 11.6 Å². The van der Waals surface area contributed by atoms with Crippen LogP contribution in [0.25, 0.3) is 11.1 Å². The van der Waals surface area contributed by atoms with Crippen molar-refractivity contribution in [3.05, 3.63) is 41.2 Å². The van der Waals surface area contributed by atoms with Gasteiger partial charge in [-0.2, -0.15) is 0 Å². The van der Waals surface area contributed by atoms with Crippen LogP contribution in [0.1, 0.15) is 0 Å². The van der Waals surface area contributed by atoms with Gasteiger partial charge in [-0.05, 0) is 12.1 Å². The Morgan fingerprint density at radius 1 is 1.33 bits per heavy atom. The van der Waals surface area contributed by atoms with Gasteiger partial charge in [0.05, 0.1) is 5.02 Å². The largest absolute Gasteiger partial charge is 0.506 e. The van der Waals surface area contributed by atoms with E-state index in [2.05, 4.69) is 0 Å². The summed E-state index contributed by atoms with van der Waals surface area (Å²) in [6, 6.07) is 7.30. The zero-order valence-electron chi connectivity index (χ0n) is 11.0. The predicted molar refractivity (Wildman–Crippen MR) is 77.5 cm³/mol. The van der Waals surface area contributed by atoms with Crippen molar-refractivity contribution in [3.63, 3.8) is 0 Å². The Kier molecular flexibility index (Phi) is 3.61. The summed E-state index contributed by atoms with van der Waals surface area (Å²) >= 11 is 6.10. The van der Waals surface area contributed by atoms with Crippen LogP contribution in [0.15, 0.2) is 30.3 Å². The molecule has 0 aromatic heterocycles. The summed E-state index contributed by atoms with van der Waals surface area (Å²) in [5.74, 6) is 0.122. The third-order valence-corrected chi connectivity index (χ3v) is 3.66. The van der Waals surface area contributed by atoms with E-state index in [1.54, 1.807) is 12.1 Å². The minimum absolute atomic E-state index is 0.0840. The number of hydrogen-bond donors (Lipinski definition) is 2. The van der Waals surface area contributed by atoms with Gasteiger partial charge in [-0.1, -0.05) is 23.7 Å². The third kappa shape index (κ3) is 2.50. The second-order valence-electron chi connectivity index (χ2n) is 4.71. The third-order valence-electron chi connectivity index (χ3n) is 3.26. The van der Waals surface area contributed by atoms with Crippen LogP contribution in [0.5, 0.6) is 17.2 Å². The molecule has 0 spiro atoms. The molecular weight excluding hydrogens is 297 g/mol. The Morgan fingerprint density at radius 3 is 2.90 bits per heavy atom. The van der Waals surface area contributed by atoms with E-state index in [-0.39, 0.29) is 30.0 Å². The number of ether oxygens (including phenoxy) is 2. The highest BCUT2D eigenvalue weighted by Gasteiger charge is 2.25. The van der Waals surface area contributed by atoms with Gasteiger partial charge in [0.1, 0.15) is 24.3 Å². The molecule has 1 heterocycles. The molecule has 4 nitrogen and oxygen atoms in total. The number of benzene rings is 2. The Labute approximate surface area is 125 Å². The van der Waals surface area contributed by atoms with Crippen molar-refractivity contribution in [2.45, 2.75) is 6.10 Å². The first-order valence-corrected chi connectivity index (χ1v) is 6.79. The molecule has 0 amide bonds. The first-order valence-electron chi connectivity index (χ1n) is 6.41. The van der Waals surface area contributed by atoms with Crippen molar-refractivity contribution in [2.24, 2.45) is 5.73 Å². The molecule has 110 valence electrons. The van der Waals surface area contributed by atoms with Gasteiger partial charge in [-0.15, -0.1) is 0 Å². The quantitative estimate of drug-likeness (QED) is 0.895. The van der Waals surface area contributed by atoms with Crippen molar-refractivity contribution in [1.29, 1.82) is 0 Å². The van der Waals surface area contributed by atoms with Crippen LogP contribution in [0.3, 0.4) is 0 Å². The van der Waals surface area contributed by atoms with Crippen LogP contribution in [0.4, 0.5) is 4.39 Å². The van der Waals surface area contributed by atoms with Crippen LogP contribution in [0.2, 0.25) is 5.02 Å². The Bertz CT molecular complexity index is 693. The lowest BCUT2D eigenvalue weighted by atomic mass is 10.0. The lowest BCUT2D eigenvalue weighted by Gasteiger charge is -2.27. The van der Waals surface area contributed by atoms with Gasteiger partial charge in [0.25, 0.3) is 0 Å². The van der Waals surface area contributed by atoms with Gasteiger partial charge < -0.3 is 20.3 Å². The Hall–Kier alpha value is -1.98. The summed E-state index contributed by atoms with van der Waals surface area (Å²) in [7, 11) is 0. The van der Waals surface area contributed by atoms with E-state index in [0.717, 1.165) is 0 Å². The number of nitrogens with two attached hydrogens (primary N) is 1. The number of phenols is 1. The van der Waals surface area contributed by atoms with Gasteiger partial charge in [0, 0.05) is 23.7 Å². The standard InChI is InChI=1S/C15H13ClFNO3/c16-14-10(2-1-3-12(14)19)11-4-8(17)5-13-15(11)21-9(6-18)7-20-13/h1-5,9,19H,6-7,18H2/t9-/m0/s1. The predicted octanol–water partition coefficient (Wildman–Crippen LogP) is 2.95. The normalized spacial score (nSPS) is 16.8. The SMILES string of the molecule is NC[C@H]1COc2cc(F)cc(-c3cccc(O)c3Cl)c2O1. The van der Waals surface area contributed by atoms with Crippen molar-refractivity contribution in [3.8, 4) is 28.4 Å². The molecule has 2 aromatic rings. The van der Waals surface area contributed by atoms with Crippen LogP contribution in [0, 0.1) is 5.82 Å². The maximum absolute atomic E-state index is 13.8. The van der Waals surface area contributed by atoms with Gasteiger partial charge in [-0.25, -0.2) is 4.39 Å². The monoisotopic (exact) mass is 309 g/mol. The van der Waals surface area contributed by atoms with Crippen LogP contribution in [-0.2, 0) is 0 Å². The number of fused-ring (bicyclic) bond motifs is 1. The second-order valence-corrected chi connectivity index (χ2v) is 5.08. The highest BCUT2D eigenvalue weighted by molar-refractivity contribution is 6.34. The lowest BCUT2D eigenvalue weighted by Crippen LogP contribution is -2.36.